The highest BCUT2D eigenvalue weighted by atomic mass is 16.1. The molecule has 3 atom stereocenters. The van der Waals surface area contributed by atoms with Gasteiger partial charge in [-0.05, 0) is 35.8 Å². The average molecular weight is 253 g/mol. The topological polar surface area (TPSA) is 47.8 Å². The lowest BCUT2D eigenvalue weighted by Gasteiger charge is -2.13. The number of carbonyl (C=O) groups excluding carboxylic acids is 1. The third-order valence-electron chi connectivity index (χ3n) is 4.60. The molecule has 19 heavy (non-hydrogen) atoms. The fourth-order valence-corrected chi connectivity index (χ4v) is 3.61. The molecule has 0 spiro atoms. The number of nitrogens with zero attached hydrogens (tertiary/aromatic N) is 3. The molecule has 4 nitrogen and oxygen atoms in total. The smallest absolute Gasteiger partial charge is 0.186 e. The molecule has 0 bridgehead atoms. The highest BCUT2D eigenvalue weighted by molar-refractivity contribution is 5.99. The summed E-state index contributed by atoms with van der Waals surface area (Å²) in [5, 5.41) is 7.66. The lowest BCUT2D eigenvalue weighted by atomic mass is 9.92. The van der Waals surface area contributed by atoms with Gasteiger partial charge in [-0.25, -0.2) is 4.68 Å². The van der Waals surface area contributed by atoms with Crippen molar-refractivity contribution >= 4 is 5.78 Å². The Balaban J connectivity index is 1.68. The van der Waals surface area contributed by atoms with Crippen LogP contribution in [-0.4, -0.2) is 20.8 Å². The minimum Gasteiger partial charge on any atom is -0.292 e. The third kappa shape index (κ3) is 1.49. The van der Waals surface area contributed by atoms with Gasteiger partial charge in [0.15, 0.2) is 5.78 Å². The summed E-state index contributed by atoms with van der Waals surface area (Å²) in [5.41, 5.74) is 3.44. The molecule has 1 aromatic carbocycles. The maximum Gasteiger partial charge on any atom is 0.186 e. The van der Waals surface area contributed by atoms with Crippen molar-refractivity contribution in [1.29, 1.82) is 0 Å². The molecule has 2 aliphatic rings. The number of rotatable bonds is 2. The Kier molecular flexibility index (Phi) is 2.16. The maximum absolute atomic E-state index is 12.6. The summed E-state index contributed by atoms with van der Waals surface area (Å²) in [6, 6.07) is 8.54. The van der Waals surface area contributed by atoms with Crippen molar-refractivity contribution in [3.05, 3.63) is 47.3 Å². The van der Waals surface area contributed by atoms with Crippen LogP contribution in [0.15, 0.2) is 30.5 Å². The van der Waals surface area contributed by atoms with E-state index in [1.165, 1.54) is 11.1 Å². The molecule has 4 heteroatoms. The van der Waals surface area contributed by atoms with Crippen LogP contribution in [0, 0.1) is 11.8 Å². The summed E-state index contributed by atoms with van der Waals surface area (Å²) < 4.78 is 1.58. The van der Waals surface area contributed by atoms with Crippen LogP contribution in [0.25, 0.3) is 0 Å². The van der Waals surface area contributed by atoms with E-state index < -0.39 is 0 Å². The molecular formula is C15H15N3O. The van der Waals surface area contributed by atoms with Crippen LogP contribution >= 0.6 is 0 Å². The van der Waals surface area contributed by atoms with Gasteiger partial charge in [0, 0.05) is 13.0 Å². The van der Waals surface area contributed by atoms with Gasteiger partial charge in [0.05, 0.1) is 6.20 Å². The second-order valence-electron chi connectivity index (χ2n) is 5.56. The van der Waals surface area contributed by atoms with Crippen molar-refractivity contribution in [2.24, 2.45) is 18.9 Å². The van der Waals surface area contributed by atoms with Gasteiger partial charge >= 0.3 is 0 Å². The molecule has 1 heterocycles. The predicted octanol–water partition coefficient (Wildman–Crippen LogP) is 1.97. The van der Waals surface area contributed by atoms with E-state index in [9.17, 15) is 4.79 Å². The lowest BCUT2D eigenvalue weighted by Crippen LogP contribution is -2.10. The Morgan fingerprint density at radius 2 is 2.21 bits per heavy atom. The molecule has 2 aromatic rings. The first-order valence-corrected chi connectivity index (χ1v) is 6.74. The minimum atomic E-state index is 0.140. The van der Waals surface area contributed by atoms with E-state index in [1.807, 2.05) is 0 Å². The first kappa shape index (κ1) is 10.9. The van der Waals surface area contributed by atoms with Gasteiger partial charge in [-0.2, -0.15) is 0 Å². The summed E-state index contributed by atoms with van der Waals surface area (Å²) in [5.74, 6) is 1.30. The molecule has 0 N–H and O–H groups in total. The van der Waals surface area contributed by atoms with Gasteiger partial charge in [0.1, 0.15) is 5.69 Å². The number of hydrogen-bond acceptors (Lipinski definition) is 3. The summed E-state index contributed by atoms with van der Waals surface area (Å²) in [6.45, 7) is 0. The molecule has 96 valence electrons. The molecule has 1 saturated carbocycles. The number of benzene rings is 1. The maximum atomic E-state index is 12.6. The van der Waals surface area contributed by atoms with Crippen LogP contribution in [0.3, 0.4) is 0 Å². The molecule has 0 amide bonds. The van der Waals surface area contributed by atoms with Crippen molar-refractivity contribution in [3.8, 4) is 0 Å². The average Bonchev–Trinajstić information content (AvgIpc) is 3.04. The molecule has 1 aromatic heterocycles. The Morgan fingerprint density at radius 1 is 1.37 bits per heavy atom. The van der Waals surface area contributed by atoms with E-state index >= 15 is 0 Å². The van der Waals surface area contributed by atoms with E-state index in [0.717, 1.165) is 12.8 Å². The second kappa shape index (κ2) is 3.76. The SMILES string of the molecule is Cn1nncc1C(=O)C1C2CCc3ccccc3C21. The summed E-state index contributed by atoms with van der Waals surface area (Å²) >= 11 is 0. The zero-order valence-electron chi connectivity index (χ0n) is 10.8. The van der Waals surface area contributed by atoms with Gasteiger partial charge in [-0.3, -0.25) is 4.79 Å². The van der Waals surface area contributed by atoms with Crippen LogP contribution in [0.4, 0.5) is 0 Å². The number of ketones is 1. The van der Waals surface area contributed by atoms with Crippen LogP contribution in [0.5, 0.6) is 0 Å². The first-order valence-electron chi connectivity index (χ1n) is 6.74. The molecule has 0 saturated heterocycles. The zero-order valence-corrected chi connectivity index (χ0v) is 10.8. The lowest BCUT2D eigenvalue weighted by molar-refractivity contribution is 0.0950. The largest absolute Gasteiger partial charge is 0.292 e. The Bertz CT molecular complexity index is 661. The van der Waals surface area contributed by atoms with E-state index in [-0.39, 0.29) is 11.7 Å². The third-order valence-corrected chi connectivity index (χ3v) is 4.60. The number of aryl methyl sites for hydroxylation is 2. The molecule has 4 rings (SSSR count). The fourth-order valence-electron chi connectivity index (χ4n) is 3.61. The van der Waals surface area contributed by atoms with Crippen molar-refractivity contribution in [2.45, 2.75) is 18.8 Å². The van der Waals surface area contributed by atoms with Crippen LogP contribution in [0.2, 0.25) is 0 Å². The van der Waals surface area contributed by atoms with Crippen LogP contribution in [-0.2, 0) is 13.5 Å². The highest BCUT2D eigenvalue weighted by Gasteiger charge is 2.57. The number of aromatic nitrogens is 3. The molecule has 0 aliphatic heterocycles. The van der Waals surface area contributed by atoms with E-state index in [0.29, 0.717) is 17.5 Å². The molecule has 1 fully saturated rings. The predicted molar refractivity (Wildman–Crippen MR) is 69.8 cm³/mol. The Morgan fingerprint density at radius 3 is 3.00 bits per heavy atom. The Hall–Kier alpha value is -1.97. The van der Waals surface area contributed by atoms with E-state index in [2.05, 4.69) is 34.6 Å². The number of carbonyl (C=O) groups is 1. The van der Waals surface area contributed by atoms with Crippen LogP contribution < -0.4 is 0 Å². The van der Waals surface area contributed by atoms with Gasteiger partial charge in [0.2, 0.25) is 0 Å². The van der Waals surface area contributed by atoms with Crippen molar-refractivity contribution < 1.29 is 4.79 Å². The van der Waals surface area contributed by atoms with Gasteiger partial charge < -0.3 is 0 Å². The zero-order chi connectivity index (χ0) is 13.0. The van der Waals surface area contributed by atoms with Crippen molar-refractivity contribution in [3.63, 3.8) is 0 Å². The number of hydrogen-bond donors (Lipinski definition) is 0. The van der Waals surface area contributed by atoms with Crippen LogP contribution in [0.1, 0.15) is 34.0 Å². The fraction of sp³-hybridized carbons (Fsp3) is 0.400. The number of Topliss-reactive ketones (excluding diaryl/α,β-unsaturated/α-hetero) is 1. The number of fused-ring (bicyclic) bond motifs is 3. The first-order chi connectivity index (χ1) is 9.27. The Labute approximate surface area is 111 Å². The molecule has 0 radical (unpaired) electrons. The van der Waals surface area contributed by atoms with Crippen molar-refractivity contribution in [2.75, 3.05) is 0 Å². The normalized spacial score (nSPS) is 27.5. The molecular weight excluding hydrogens is 238 g/mol. The second-order valence-corrected chi connectivity index (χ2v) is 5.56. The van der Waals surface area contributed by atoms with Gasteiger partial charge in [-0.1, -0.05) is 29.5 Å². The van der Waals surface area contributed by atoms with Gasteiger partial charge in [-0.15, -0.1) is 5.10 Å². The van der Waals surface area contributed by atoms with E-state index in [1.54, 1.807) is 17.9 Å². The van der Waals surface area contributed by atoms with Crippen molar-refractivity contribution in [1.82, 2.24) is 15.0 Å². The molecule has 3 unspecified atom stereocenters. The highest BCUT2D eigenvalue weighted by Crippen LogP contribution is 2.60. The summed E-state index contributed by atoms with van der Waals surface area (Å²) in [7, 11) is 1.78. The molecule has 2 aliphatic carbocycles. The van der Waals surface area contributed by atoms with E-state index in [4.69, 9.17) is 0 Å². The monoisotopic (exact) mass is 253 g/mol. The summed E-state index contributed by atoms with van der Waals surface area (Å²) in [4.78, 5) is 12.6. The standard InChI is InChI=1S/C15H15N3O/c1-18-12(8-16-17-18)15(19)14-11-7-6-9-4-2-3-5-10(9)13(11)14/h2-5,8,11,13-14H,6-7H2,1H3. The van der Waals surface area contributed by atoms with Gasteiger partial charge in [0.25, 0.3) is 0 Å². The summed E-state index contributed by atoms with van der Waals surface area (Å²) in [6.07, 6.45) is 3.81. The minimum absolute atomic E-state index is 0.140. The quantitative estimate of drug-likeness (QED) is 0.769.